The predicted octanol–water partition coefficient (Wildman–Crippen LogP) is -1.12. The number of carbonyl (C=O) groups excluding carboxylic acids is 2. The summed E-state index contributed by atoms with van der Waals surface area (Å²) in [6, 6.07) is -1.72. The van der Waals surface area contributed by atoms with Crippen LogP contribution in [-0.2, 0) is 9.59 Å². The minimum atomic E-state index is -1.13. The number of hydrogen-bond acceptors (Lipinski definition) is 3. The van der Waals surface area contributed by atoms with Crippen molar-refractivity contribution in [3.8, 4) is 0 Å². The van der Waals surface area contributed by atoms with Gasteiger partial charge in [0.1, 0.15) is 6.04 Å². The van der Waals surface area contributed by atoms with Gasteiger partial charge in [0.05, 0.1) is 6.54 Å². The second-order valence-corrected chi connectivity index (χ2v) is 3.35. The van der Waals surface area contributed by atoms with Gasteiger partial charge in [-0.2, -0.15) is 0 Å². The van der Waals surface area contributed by atoms with Crippen molar-refractivity contribution in [3.63, 3.8) is 0 Å². The minimum Gasteiger partial charge on any atom is -0.480 e. The Hall–Kier alpha value is -1.79. The van der Waals surface area contributed by atoms with Crippen LogP contribution in [-0.4, -0.2) is 35.6 Å². The van der Waals surface area contributed by atoms with Gasteiger partial charge in [0.15, 0.2) is 0 Å². The lowest BCUT2D eigenvalue weighted by molar-refractivity contribution is -0.140. The average molecular weight is 217 g/mol. The van der Waals surface area contributed by atoms with E-state index in [1.807, 2.05) is 0 Å². The lowest BCUT2D eigenvalue weighted by Gasteiger charge is -2.17. The number of carboxylic acid groups (broad SMARTS) is 1. The molecule has 0 radical (unpaired) electrons. The molecule has 5 N–H and O–H groups in total. The summed E-state index contributed by atoms with van der Waals surface area (Å²) < 4.78 is 0. The molecule has 0 aliphatic carbocycles. The van der Waals surface area contributed by atoms with Gasteiger partial charge in [-0.05, 0) is 5.92 Å². The Morgan fingerprint density at radius 1 is 1.33 bits per heavy atom. The van der Waals surface area contributed by atoms with Crippen molar-refractivity contribution in [1.29, 1.82) is 0 Å². The van der Waals surface area contributed by atoms with Crippen molar-refractivity contribution >= 4 is 17.9 Å². The molecule has 0 heterocycles. The van der Waals surface area contributed by atoms with Crippen LogP contribution in [0.4, 0.5) is 4.79 Å². The van der Waals surface area contributed by atoms with E-state index >= 15 is 0 Å². The van der Waals surface area contributed by atoms with Crippen LogP contribution in [0.5, 0.6) is 0 Å². The third-order valence-electron chi connectivity index (χ3n) is 1.64. The normalized spacial score (nSPS) is 11.9. The molecule has 0 saturated heterocycles. The molecular weight excluding hydrogens is 202 g/mol. The fourth-order valence-corrected chi connectivity index (χ4v) is 0.873. The zero-order chi connectivity index (χ0) is 12.0. The molecular formula is C8H15N3O4. The van der Waals surface area contributed by atoms with Gasteiger partial charge < -0.3 is 21.5 Å². The first-order chi connectivity index (χ1) is 6.84. The largest absolute Gasteiger partial charge is 0.480 e. The number of amides is 3. The summed E-state index contributed by atoms with van der Waals surface area (Å²) in [5.41, 5.74) is 4.79. The Labute approximate surface area is 87.0 Å². The van der Waals surface area contributed by atoms with E-state index in [-0.39, 0.29) is 12.5 Å². The van der Waals surface area contributed by atoms with E-state index < -0.39 is 23.9 Å². The number of nitrogens with two attached hydrogens (primary N) is 1. The van der Waals surface area contributed by atoms with Gasteiger partial charge in [-0.1, -0.05) is 13.8 Å². The third kappa shape index (κ3) is 5.50. The summed E-state index contributed by atoms with van der Waals surface area (Å²) in [5.74, 6) is -2.07. The zero-order valence-electron chi connectivity index (χ0n) is 8.61. The minimum absolute atomic E-state index is 0.248. The van der Waals surface area contributed by atoms with Gasteiger partial charge >= 0.3 is 12.0 Å². The molecule has 0 aromatic heterocycles. The molecule has 1 atom stereocenters. The van der Waals surface area contributed by atoms with E-state index in [4.69, 9.17) is 10.8 Å². The van der Waals surface area contributed by atoms with E-state index in [1.165, 1.54) is 0 Å². The van der Waals surface area contributed by atoms with Crippen LogP contribution < -0.4 is 16.4 Å². The van der Waals surface area contributed by atoms with Crippen LogP contribution in [0, 0.1) is 5.92 Å². The second kappa shape index (κ2) is 5.84. The Morgan fingerprint density at radius 2 is 1.87 bits per heavy atom. The molecule has 0 saturated carbocycles. The second-order valence-electron chi connectivity index (χ2n) is 3.35. The van der Waals surface area contributed by atoms with E-state index in [1.54, 1.807) is 13.8 Å². The fraction of sp³-hybridized carbons (Fsp3) is 0.625. The number of aliphatic carboxylic acids is 1. The van der Waals surface area contributed by atoms with Crippen LogP contribution in [0.15, 0.2) is 0 Å². The standard InChI is InChI=1S/C8H15N3O4/c1-4(2)6(7(13)14)11-8(15)10-3-5(9)12/h4,6H,3H2,1-2H3,(H2,9,12)(H,13,14)(H2,10,11,15)/t6-/m1/s1. The molecule has 0 bridgehead atoms. The molecule has 0 fully saturated rings. The lowest BCUT2D eigenvalue weighted by atomic mass is 10.1. The first kappa shape index (κ1) is 13.2. The Morgan fingerprint density at radius 3 is 2.20 bits per heavy atom. The average Bonchev–Trinajstić information content (AvgIpc) is 2.09. The first-order valence-electron chi connectivity index (χ1n) is 4.40. The van der Waals surface area contributed by atoms with Gasteiger partial charge in [-0.3, -0.25) is 4.79 Å². The SMILES string of the molecule is CC(C)[C@@H](NC(=O)NCC(N)=O)C(=O)O. The van der Waals surface area contributed by atoms with Crippen LogP contribution in [0.2, 0.25) is 0 Å². The number of rotatable bonds is 5. The van der Waals surface area contributed by atoms with Crippen LogP contribution in [0.1, 0.15) is 13.8 Å². The number of hydrogen-bond donors (Lipinski definition) is 4. The van der Waals surface area contributed by atoms with Crippen molar-refractivity contribution in [2.45, 2.75) is 19.9 Å². The van der Waals surface area contributed by atoms with Gasteiger partial charge in [0.2, 0.25) is 5.91 Å². The van der Waals surface area contributed by atoms with E-state index in [0.29, 0.717) is 0 Å². The molecule has 0 unspecified atom stereocenters. The van der Waals surface area contributed by atoms with Crippen LogP contribution in [0.25, 0.3) is 0 Å². The maximum Gasteiger partial charge on any atom is 0.326 e. The summed E-state index contributed by atoms with van der Waals surface area (Å²) in [5, 5.41) is 13.1. The molecule has 15 heavy (non-hydrogen) atoms. The molecule has 0 spiro atoms. The zero-order valence-corrected chi connectivity index (χ0v) is 8.61. The molecule has 7 heteroatoms. The van der Waals surface area contributed by atoms with E-state index in [2.05, 4.69) is 10.6 Å². The predicted molar refractivity (Wildman–Crippen MR) is 52.0 cm³/mol. The van der Waals surface area contributed by atoms with Crippen LogP contribution in [0.3, 0.4) is 0 Å². The highest BCUT2D eigenvalue weighted by molar-refractivity contribution is 5.86. The summed E-state index contributed by atoms with van der Waals surface area (Å²) in [4.78, 5) is 32.1. The van der Waals surface area contributed by atoms with Crippen molar-refractivity contribution < 1.29 is 19.5 Å². The molecule has 86 valence electrons. The van der Waals surface area contributed by atoms with E-state index in [0.717, 1.165) is 0 Å². The van der Waals surface area contributed by atoms with Crippen molar-refractivity contribution in [2.75, 3.05) is 6.54 Å². The van der Waals surface area contributed by atoms with Gasteiger partial charge in [-0.15, -0.1) is 0 Å². The highest BCUT2D eigenvalue weighted by Gasteiger charge is 2.23. The number of carboxylic acids is 1. The number of urea groups is 1. The molecule has 7 nitrogen and oxygen atoms in total. The topological polar surface area (TPSA) is 122 Å². The molecule has 0 aromatic carbocycles. The highest BCUT2D eigenvalue weighted by Crippen LogP contribution is 2.00. The Balaban J connectivity index is 4.12. The van der Waals surface area contributed by atoms with E-state index in [9.17, 15) is 14.4 Å². The van der Waals surface area contributed by atoms with Crippen LogP contribution >= 0.6 is 0 Å². The van der Waals surface area contributed by atoms with Crippen molar-refractivity contribution in [1.82, 2.24) is 10.6 Å². The van der Waals surface area contributed by atoms with Gasteiger partial charge in [0.25, 0.3) is 0 Å². The monoisotopic (exact) mass is 217 g/mol. The maximum atomic E-state index is 11.1. The molecule has 0 aromatic rings. The first-order valence-corrected chi connectivity index (χ1v) is 4.40. The third-order valence-corrected chi connectivity index (χ3v) is 1.64. The number of carbonyl (C=O) groups is 3. The number of nitrogens with one attached hydrogen (secondary N) is 2. The lowest BCUT2D eigenvalue weighted by Crippen LogP contribution is -2.50. The number of primary amides is 1. The van der Waals surface area contributed by atoms with Gasteiger partial charge in [-0.25, -0.2) is 9.59 Å². The molecule has 0 aliphatic rings. The van der Waals surface area contributed by atoms with Crippen molar-refractivity contribution in [3.05, 3.63) is 0 Å². The summed E-state index contributed by atoms with van der Waals surface area (Å²) >= 11 is 0. The fourth-order valence-electron chi connectivity index (χ4n) is 0.873. The molecule has 0 aliphatic heterocycles. The smallest absolute Gasteiger partial charge is 0.326 e. The Bertz CT molecular complexity index is 265. The van der Waals surface area contributed by atoms with Gasteiger partial charge in [0, 0.05) is 0 Å². The summed E-state index contributed by atoms with van der Waals surface area (Å²) in [6.07, 6.45) is 0. The maximum absolute atomic E-state index is 11.1. The summed E-state index contributed by atoms with van der Waals surface area (Å²) in [7, 11) is 0. The quantitative estimate of drug-likeness (QED) is 0.466. The molecule has 0 rings (SSSR count). The Kier molecular flexibility index (Phi) is 5.14. The van der Waals surface area contributed by atoms with Crippen molar-refractivity contribution in [2.24, 2.45) is 11.7 Å². The highest BCUT2D eigenvalue weighted by atomic mass is 16.4. The molecule has 3 amide bonds. The summed E-state index contributed by atoms with van der Waals surface area (Å²) in [6.45, 7) is 3.00.